The summed E-state index contributed by atoms with van der Waals surface area (Å²) in [7, 11) is 0. The highest BCUT2D eigenvalue weighted by molar-refractivity contribution is 9.10. The fourth-order valence-electron chi connectivity index (χ4n) is 1.93. The van der Waals surface area contributed by atoms with Crippen LogP contribution >= 0.6 is 15.9 Å². The van der Waals surface area contributed by atoms with Crippen LogP contribution in [0.25, 0.3) is 0 Å². The zero-order chi connectivity index (χ0) is 15.1. The maximum absolute atomic E-state index is 5.66. The molecule has 0 saturated heterocycles. The molecule has 1 heterocycles. The van der Waals surface area contributed by atoms with Gasteiger partial charge in [-0.3, -0.25) is 0 Å². The van der Waals surface area contributed by atoms with Gasteiger partial charge < -0.3 is 14.8 Å². The molecule has 0 bridgehead atoms. The van der Waals surface area contributed by atoms with Crippen molar-refractivity contribution in [3.8, 4) is 11.5 Å². The number of hydrogen-bond acceptors (Lipinski definition) is 4. The highest BCUT2D eigenvalue weighted by Gasteiger charge is 2.11. The number of benzene rings is 1. The van der Waals surface area contributed by atoms with E-state index in [9.17, 15) is 0 Å². The predicted octanol–water partition coefficient (Wildman–Crippen LogP) is 4.25. The lowest BCUT2D eigenvalue weighted by Gasteiger charge is -2.15. The van der Waals surface area contributed by atoms with Crippen LogP contribution in [0.15, 0.2) is 41.0 Å². The maximum Gasteiger partial charge on any atom is 0.175 e. The van der Waals surface area contributed by atoms with Gasteiger partial charge in [0, 0.05) is 12.7 Å². The Morgan fingerprint density at radius 2 is 1.95 bits per heavy atom. The van der Waals surface area contributed by atoms with Crippen molar-refractivity contribution < 1.29 is 9.47 Å². The zero-order valence-corrected chi connectivity index (χ0v) is 13.8. The van der Waals surface area contributed by atoms with Crippen molar-refractivity contribution in [2.75, 3.05) is 18.5 Å². The minimum atomic E-state index is 0.601. The van der Waals surface area contributed by atoms with Gasteiger partial charge in [0.15, 0.2) is 11.5 Å². The number of nitrogens with one attached hydrogen (secondary N) is 1. The molecule has 5 heteroatoms. The molecule has 1 aromatic carbocycles. The number of anilines is 1. The molecule has 1 aromatic heterocycles. The summed E-state index contributed by atoms with van der Waals surface area (Å²) in [6, 6.07) is 9.81. The first kappa shape index (κ1) is 15.6. The van der Waals surface area contributed by atoms with E-state index in [1.165, 1.54) is 0 Å². The largest absolute Gasteiger partial charge is 0.490 e. The third-order valence-corrected chi connectivity index (χ3v) is 3.39. The number of nitrogens with zero attached hydrogens (tertiary/aromatic N) is 1. The molecule has 112 valence electrons. The molecule has 0 aliphatic carbocycles. The van der Waals surface area contributed by atoms with Crippen molar-refractivity contribution >= 4 is 21.7 Å². The fraction of sp³-hybridized carbons (Fsp3) is 0.312. The van der Waals surface area contributed by atoms with Crippen molar-refractivity contribution in [3.63, 3.8) is 0 Å². The summed E-state index contributed by atoms with van der Waals surface area (Å²) >= 11 is 3.55. The van der Waals surface area contributed by atoms with Crippen LogP contribution in [0.1, 0.15) is 19.4 Å². The van der Waals surface area contributed by atoms with Gasteiger partial charge in [-0.1, -0.05) is 6.07 Å². The van der Waals surface area contributed by atoms with Gasteiger partial charge in [0.25, 0.3) is 0 Å². The van der Waals surface area contributed by atoms with Gasteiger partial charge in [-0.2, -0.15) is 0 Å². The molecule has 2 rings (SSSR count). The van der Waals surface area contributed by atoms with E-state index in [-0.39, 0.29) is 0 Å². The van der Waals surface area contributed by atoms with E-state index in [1.807, 2.05) is 44.2 Å². The van der Waals surface area contributed by atoms with Gasteiger partial charge >= 0.3 is 0 Å². The third-order valence-electron chi connectivity index (χ3n) is 2.80. The van der Waals surface area contributed by atoms with Crippen LogP contribution in [0.5, 0.6) is 11.5 Å². The Hall–Kier alpha value is -1.75. The molecule has 0 spiro atoms. The van der Waals surface area contributed by atoms with E-state index < -0.39 is 0 Å². The summed E-state index contributed by atoms with van der Waals surface area (Å²) in [5.41, 5.74) is 1.10. The highest BCUT2D eigenvalue weighted by Crippen LogP contribution is 2.37. The summed E-state index contributed by atoms with van der Waals surface area (Å²) in [6.45, 7) is 5.79. The molecule has 2 aromatic rings. The average Bonchev–Trinajstić information content (AvgIpc) is 2.50. The summed E-state index contributed by atoms with van der Waals surface area (Å²) in [5, 5.41) is 3.28. The average molecular weight is 351 g/mol. The first-order valence-electron chi connectivity index (χ1n) is 6.97. The lowest BCUT2D eigenvalue weighted by Crippen LogP contribution is -2.04. The van der Waals surface area contributed by atoms with E-state index >= 15 is 0 Å². The standard InChI is InChI=1S/C16H19BrN2O2/c1-3-20-14-10-12(9-13(17)16(14)21-4-2)11-19-15-7-5-6-8-18-15/h5-10H,3-4,11H2,1-2H3,(H,18,19). The Labute approximate surface area is 133 Å². The zero-order valence-electron chi connectivity index (χ0n) is 12.2. The number of rotatable bonds is 7. The molecule has 0 aliphatic heterocycles. The van der Waals surface area contributed by atoms with E-state index in [0.29, 0.717) is 19.8 Å². The lowest BCUT2D eigenvalue weighted by molar-refractivity contribution is 0.286. The van der Waals surface area contributed by atoms with Gasteiger partial charge in [0.1, 0.15) is 5.82 Å². The first-order chi connectivity index (χ1) is 10.2. The minimum absolute atomic E-state index is 0.601. The molecule has 0 unspecified atom stereocenters. The number of halogens is 1. The van der Waals surface area contributed by atoms with Gasteiger partial charge in [0.2, 0.25) is 0 Å². The van der Waals surface area contributed by atoms with Crippen LogP contribution < -0.4 is 14.8 Å². The van der Waals surface area contributed by atoms with Crippen LogP contribution in [0, 0.1) is 0 Å². The normalized spacial score (nSPS) is 10.2. The van der Waals surface area contributed by atoms with Crippen molar-refractivity contribution in [1.82, 2.24) is 4.98 Å². The molecular formula is C16H19BrN2O2. The van der Waals surface area contributed by atoms with Crippen molar-refractivity contribution in [1.29, 1.82) is 0 Å². The highest BCUT2D eigenvalue weighted by atomic mass is 79.9. The molecule has 0 atom stereocenters. The molecule has 1 N–H and O–H groups in total. The van der Waals surface area contributed by atoms with E-state index in [0.717, 1.165) is 27.4 Å². The topological polar surface area (TPSA) is 43.4 Å². The van der Waals surface area contributed by atoms with Crippen molar-refractivity contribution in [2.45, 2.75) is 20.4 Å². The Morgan fingerprint density at radius 1 is 1.14 bits per heavy atom. The van der Waals surface area contributed by atoms with E-state index in [2.05, 4.69) is 26.2 Å². The van der Waals surface area contributed by atoms with Gasteiger partial charge in [-0.15, -0.1) is 0 Å². The fourth-order valence-corrected chi connectivity index (χ4v) is 2.53. The van der Waals surface area contributed by atoms with E-state index in [4.69, 9.17) is 9.47 Å². The first-order valence-corrected chi connectivity index (χ1v) is 7.76. The molecule has 0 amide bonds. The number of hydrogen-bond donors (Lipinski definition) is 1. The van der Waals surface area contributed by atoms with Gasteiger partial charge in [0.05, 0.1) is 17.7 Å². The van der Waals surface area contributed by atoms with Crippen LogP contribution in [0.2, 0.25) is 0 Å². The Bertz CT molecular complexity index is 576. The predicted molar refractivity (Wildman–Crippen MR) is 88.0 cm³/mol. The second kappa shape index (κ2) is 7.88. The number of ether oxygens (including phenoxy) is 2. The summed E-state index contributed by atoms with van der Waals surface area (Å²) in [6.07, 6.45) is 1.77. The molecular weight excluding hydrogens is 332 g/mol. The Balaban J connectivity index is 2.16. The quantitative estimate of drug-likeness (QED) is 0.810. The van der Waals surface area contributed by atoms with Crippen LogP contribution in [-0.2, 0) is 6.54 Å². The lowest BCUT2D eigenvalue weighted by atomic mass is 10.2. The molecule has 0 saturated carbocycles. The molecule has 21 heavy (non-hydrogen) atoms. The summed E-state index contributed by atoms with van der Waals surface area (Å²) in [4.78, 5) is 4.24. The van der Waals surface area contributed by atoms with Crippen molar-refractivity contribution in [2.24, 2.45) is 0 Å². The van der Waals surface area contributed by atoms with Crippen molar-refractivity contribution in [3.05, 3.63) is 46.6 Å². The second-order valence-electron chi connectivity index (χ2n) is 4.34. The van der Waals surface area contributed by atoms with Gasteiger partial charge in [-0.25, -0.2) is 4.98 Å². The molecule has 0 radical (unpaired) electrons. The van der Waals surface area contributed by atoms with E-state index in [1.54, 1.807) is 6.20 Å². The molecule has 0 aliphatic rings. The summed E-state index contributed by atoms with van der Waals surface area (Å²) < 4.78 is 12.2. The molecule has 4 nitrogen and oxygen atoms in total. The third kappa shape index (κ3) is 4.36. The Morgan fingerprint density at radius 3 is 2.62 bits per heavy atom. The number of pyridine rings is 1. The number of aromatic nitrogens is 1. The summed E-state index contributed by atoms with van der Waals surface area (Å²) in [5.74, 6) is 2.35. The maximum atomic E-state index is 5.66. The smallest absolute Gasteiger partial charge is 0.175 e. The molecule has 0 fully saturated rings. The van der Waals surface area contributed by atoms with Crippen LogP contribution in [0.3, 0.4) is 0 Å². The van der Waals surface area contributed by atoms with Crippen LogP contribution in [-0.4, -0.2) is 18.2 Å². The van der Waals surface area contributed by atoms with Crippen LogP contribution in [0.4, 0.5) is 5.82 Å². The Kier molecular flexibility index (Phi) is 5.87. The monoisotopic (exact) mass is 350 g/mol. The second-order valence-corrected chi connectivity index (χ2v) is 5.19. The minimum Gasteiger partial charge on any atom is -0.490 e. The van der Waals surface area contributed by atoms with Gasteiger partial charge in [-0.05, 0) is 59.6 Å². The SMILES string of the molecule is CCOc1cc(CNc2ccccn2)cc(Br)c1OCC.